The van der Waals surface area contributed by atoms with Gasteiger partial charge in [0.25, 0.3) is 10.2 Å². The lowest BCUT2D eigenvalue weighted by atomic mass is 9.90. The number of ether oxygens (including phenoxy) is 1. The summed E-state index contributed by atoms with van der Waals surface area (Å²) in [7, 11) is -3.76. The molecule has 18 heavy (non-hydrogen) atoms. The molecule has 0 saturated heterocycles. The van der Waals surface area contributed by atoms with Gasteiger partial charge in [0, 0.05) is 6.54 Å². The highest BCUT2D eigenvalue weighted by molar-refractivity contribution is 7.87. The maximum atomic E-state index is 11.8. The number of carbonyl (C=O) groups excluding carboxylic acids is 1. The summed E-state index contributed by atoms with van der Waals surface area (Å²) in [4.78, 5) is 11.8. The summed E-state index contributed by atoms with van der Waals surface area (Å²) in [6.45, 7) is 3.93. The number of unbranched alkanes of at least 4 members (excludes halogenated alkanes) is 1. The average Bonchev–Trinajstić information content (AvgIpc) is 2.25. The molecule has 0 aromatic carbocycles. The molecule has 5 N–H and O–H groups in total. The van der Waals surface area contributed by atoms with Crippen LogP contribution in [-0.2, 0) is 19.7 Å². The monoisotopic (exact) mass is 281 g/mol. The van der Waals surface area contributed by atoms with Crippen LogP contribution in [0.1, 0.15) is 39.5 Å². The molecular formula is C10H23N3O4S. The molecule has 0 bridgehead atoms. The SMILES string of the molecule is CCCCC(N)(CCNS(N)(=O)=O)C(=O)OCC. The lowest BCUT2D eigenvalue weighted by molar-refractivity contribution is -0.150. The van der Waals surface area contributed by atoms with Crippen molar-refractivity contribution in [3.63, 3.8) is 0 Å². The van der Waals surface area contributed by atoms with Gasteiger partial charge >= 0.3 is 5.97 Å². The topological polar surface area (TPSA) is 125 Å². The minimum Gasteiger partial charge on any atom is -0.465 e. The van der Waals surface area contributed by atoms with Crippen LogP contribution >= 0.6 is 0 Å². The van der Waals surface area contributed by atoms with Crippen molar-refractivity contribution in [1.29, 1.82) is 0 Å². The van der Waals surface area contributed by atoms with E-state index in [0.717, 1.165) is 12.8 Å². The zero-order valence-electron chi connectivity index (χ0n) is 10.9. The van der Waals surface area contributed by atoms with Gasteiger partial charge in [0.2, 0.25) is 0 Å². The van der Waals surface area contributed by atoms with E-state index < -0.39 is 21.7 Å². The highest BCUT2D eigenvalue weighted by Gasteiger charge is 2.34. The minimum atomic E-state index is -3.76. The van der Waals surface area contributed by atoms with Gasteiger partial charge in [-0.1, -0.05) is 19.8 Å². The molecule has 0 radical (unpaired) electrons. The predicted octanol–water partition coefficient (Wildman–Crippen LogP) is -0.380. The Labute approximate surface area is 108 Å². The Balaban J connectivity index is 4.51. The van der Waals surface area contributed by atoms with Gasteiger partial charge < -0.3 is 10.5 Å². The molecule has 0 aliphatic carbocycles. The lowest BCUT2D eigenvalue weighted by Gasteiger charge is -2.26. The Bertz CT molecular complexity index is 358. The van der Waals surface area contributed by atoms with E-state index in [0.29, 0.717) is 6.42 Å². The molecule has 0 saturated carbocycles. The van der Waals surface area contributed by atoms with Crippen LogP contribution in [0.2, 0.25) is 0 Å². The molecule has 0 spiro atoms. The van der Waals surface area contributed by atoms with E-state index in [4.69, 9.17) is 15.6 Å². The molecule has 0 fully saturated rings. The van der Waals surface area contributed by atoms with Crippen LogP contribution in [0.15, 0.2) is 0 Å². The van der Waals surface area contributed by atoms with Gasteiger partial charge in [-0.05, 0) is 19.8 Å². The fourth-order valence-corrected chi connectivity index (χ4v) is 1.90. The Morgan fingerprint density at radius 3 is 2.39 bits per heavy atom. The number of nitrogens with two attached hydrogens (primary N) is 2. The summed E-state index contributed by atoms with van der Waals surface area (Å²) >= 11 is 0. The van der Waals surface area contributed by atoms with Crippen molar-refractivity contribution < 1.29 is 17.9 Å². The van der Waals surface area contributed by atoms with Crippen LogP contribution in [0.4, 0.5) is 0 Å². The van der Waals surface area contributed by atoms with Crippen LogP contribution in [0.5, 0.6) is 0 Å². The van der Waals surface area contributed by atoms with E-state index in [1.165, 1.54) is 0 Å². The molecule has 0 amide bonds. The number of esters is 1. The van der Waals surface area contributed by atoms with E-state index in [1.54, 1.807) is 6.92 Å². The first-order valence-corrected chi connectivity index (χ1v) is 7.53. The Morgan fingerprint density at radius 2 is 1.94 bits per heavy atom. The lowest BCUT2D eigenvalue weighted by Crippen LogP contribution is -2.51. The number of nitrogens with one attached hydrogen (secondary N) is 1. The molecule has 0 aliphatic heterocycles. The summed E-state index contributed by atoms with van der Waals surface area (Å²) in [5.74, 6) is -0.505. The number of rotatable bonds is 9. The zero-order chi connectivity index (χ0) is 14.2. The smallest absolute Gasteiger partial charge is 0.326 e. The van der Waals surface area contributed by atoms with Crippen LogP contribution < -0.4 is 15.6 Å². The van der Waals surface area contributed by atoms with Gasteiger partial charge in [-0.25, -0.2) is 9.86 Å². The van der Waals surface area contributed by atoms with E-state index in [2.05, 4.69) is 4.72 Å². The first-order valence-electron chi connectivity index (χ1n) is 5.98. The summed E-state index contributed by atoms with van der Waals surface area (Å²) in [6, 6.07) is 0. The second kappa shape index (κ2) is 7.67. The predicted molar refractivity (Wildman–Crippen MR) is 68.8 cm³/mol. The summed E-state index contributed by atoms with van der Waals surface area (Å²) < 4.78 is 28.5. The number of hydrogen-bond acceptors (Lipinski definition) is 5. The molecule has 8 heteroatoms. The van der Waals surface area contributed by atoms with E-state index in [1.807, 2.05) is 6.92 Å². The normalized spacial score (nSPS) is 15.1. The Morgan fingerprint density at radius 1 is 1.33 bits per heavy atom. The molecule has 108 valence electrons. The van der Waals surface area contributed by atoms with Crippen molar-refractivity contribution >= 4 is 16.2 Å². The fraction of sp³-hybridized carbons (Fsp3) is 0.900. The summed E-state index contributed by atoms with van der Waals surface area (Å²) in [5.41, 5.74) is 4.83. The van der Waals surface area contributed by atoms with Gasteiger partial charge in [0.15, 0.2) is 0 Å². The summed E-state index contributed by atoms with van der Waals surface area (Å²) in [5, 5.41) is 4.80. The second-order valence-electron chi connectivity index (χ2n) is 4.17. The standard InChI is InChI=1S/C10H23N3O4S/c1-3-5-6-10(11,9(14)17-4-2)7-8-13-18(12,15)16/h13H,3-8,11H2,1-2H3,(H2,12,15,16). The molecule has 0 aromatic heterocycles. The van der Waals surface area contributed by atoms with Gasteiger partial charge in [-0.15, -0.1) is 0 Å². The highest BCUT2D eigenvalue weighted by Crippen LogP contribution is 2.17. The van der Waals surface area contributed by atoms with Gasteiger partial charge in [-0.2, -0.15) is 8.42 Å². The van der Waals surface area contributed by atoms with Gasteiger partial charge in [0.1, 0.15) is 5.54 Å². The third-order valence-corrected chi connectivity index (χ3v) is 3.14. The van der Waals surface area contributed by atoms with Gasteiger partial charge in [0.05, 0.1) is 6.61 Å². The quantitative estimate of drug-likeness (QED) is 0.497. The largest absolute Gasteiger partial charge is 0.465 e. The third kappa shape index (κ3) is 6.90. The van der Waals surface area contributed by atoms with Crippen molar-refractivity contribution in [1.82, 2.24) is 4.72 Å². The first-order chi connectivity index (χ1) is 8.25. The van der Waals surface area contributed by atoms with Crippen LogP contribution in [0.25, 0.3) is 0 Å². The van der Waals surface area contributed by atoms with E-state index >= 15 is 0 Å². The summed E-state index contributed by atoms with van der Waals surface area (Å²) in [6.07, 6.45) is 2.27. The van der Waals surface area contributed by atoms with Crippen molar-refractivity contribution in [2.75, 3.05) is 13.2 Å². The molecule has 1 unspecified atom stereocenters. The molecule has 0 aliphatic rings. The molecule has 0 heterocycles. The van der Waals surface area contributed by atoms with Gasteiger partial charge in [-0.3, -0.25) is 4.79 Å². The molecule has 0 rings (SSSR count). The van der Waals surface area contributed by atoms with Crippen molar-refractivity contribution in [2.24, 2.45) is 10.9 Å². The second-order valence-corrected chi connectivity index (χ2v) is 5.55. The average molecular weight is 281 g/mol. The van der Waals surface area contributed by atoms with E-state index in [9.17, 15) is 13.2 Å². The first kappa shape index (κ1) is 17.3. The highest BCUT2D eigenvalue weighted by atomic mass is 32.2. The molecule has 1 atom stereocenters. The van der Waals surface area contributed by atoms with Crippen molar-refractivity contribution in [3.05, 3.63) is 0 Å². The Hall–Kier alpha value is -0.700. The van der Waals surface area contributed by atoms with Crippen molar-refractivity contribution in [2.45, 2.75) is 45.1 Å². The van der Waals surface area contributed by atoms with Crippen LogP contribution in [-0.4, -0.2) is 33.1 Å². The molecule has 7 nitrogen and oxygen atoms in total. The van der Waals surface area contributed by atoms with Crippen molar-refractivity contribution in [3.8, 4) is 0 Å². The number of hydrogen-bond donors (Lipinski definition) is 3. The van der Waals surface area contributed by atoms with Crippen LogP contribution in [0, 0.1) is 0 Å². The number of carbonyl (C=O) groups is 1. The molecule has 0 aromatic rings. The maximum absolute atomic E-state index is 11.8. The van der Waals surface area contributed by atoms with E-state index in [-0.39, 0.29) is 19.6 Å². The molecular weight excluding hydrogens is 258 g/mol. The minimum absolute atomic E-state index is 0.0118. The maximum Gasteiger partial charge on any atom is 0.326 e. The fourth-order valence-electron chi connectivity index (χ4n) is 1.51. The van der Waals surface area contributed by atoms with Crippen LogP contribution in [0.3, 0.4) is 0 Å². The zero-order valence-corrected chi connectivity index (χ0v) is 11.8. The third-order valence-electron chi connectivity index (χ3n) is 2.53. The Kier molecular flexibility index (Phi) is 7.37.